The molecule has 0 amide bonds. The van der Waals surface area contributed by atoms with Gasteiger partial charge in [-0.15, -0.1) is 5.10 Å². The maximum Gasteiger partial charge on any atom is 0.277 e. The third kappa shape index (κ3) is 4.70. The fourth-order valence-corrected chi connectivity index (χ4v) is 4.44. The molecule has 2 heterocycles. The van der Waals surface area contributed by atoms with Gasteiger partial charge in [0.05, 0.1) is 17.9 Å². The van der Waals surface area contributed by atoms with E-state index in [9.17, 15) is 4.79 Å². The van der Waals surface area contributed by atoms with Crippen LogP contribution in [0.3, 0.4) is 0 Å². The molecule has 0 atom stereocenters. The topological polar surface area (TPSA) is 75.5 Å². The van der Waals surface area contributed by atoms with Crippen LogP contribution in [0, 0.1) is 6.92 Å². The van der Waals surface area contributed by atoms with E-state index >= 15 is 0 Å². The number of nitrogens with zero attached hydrogens (tertiary/aromatic N) is 4. The summed E-state index contributed by atoms with van der Waals surface area (Å²) in [6.07, 6.45) is 2.79. The molecule has 2 aromatic heterocycles. The van der Waals surface area contributed by atoms with Gasteiger partial charge < -0.3 is 9.72 Å². The van der Waals surface area contributed by atoms with E-state index in [0.29, 0.717) is 29.4 Å². The average Bonchev–Trinajstić information content (AvgIpc) is 3.05. The van der Waals surface area contributed by atoms with E-state index in [-0.39, 0.29) is 5.56 Å². The van der Waals surface area contributed by atoms with Crippen LogP contribution >= 0.6 is 11.9 Å². The maximum atomic E-state index is 12.9. The molecule has 3 rings (SSSR count). The molecule has 0 saturated heterocycles. The molecule has 0 aliphatic heterocycles. The van der Waals surface area contributed by atoms with Crippen molar-refractivity contribution >= 4 is 17.5 Å². The molecule has 0 radical (unpaired) electrons. The SMILES string of the molecule is CCCc1nc(C)c2c(=O)[nH]c(-c3cc(SN(CC)CCC)ccc3OCC)nn12. The standard InChI is InChI=1S/C22H31N5O2S/c1-6-10-19-23-15(5)20-22(28)24-21(25-27(19)20)17-14-16(11-12-18(17)29-9-4)30-26(8-3)13-7-2/h11-12,14H,6-10,13H2,1-5H3,(H,24,25,28). The summed E-state index contributed by atoms with van der Waals surface area (Å²) in [6.45, 7) is 12.7. The predicted molar refractivity (Wildman–Crippen MR) is 122 cm³/mol. The molecule has 1 N–H and O–H groups in total. The summed E-state index contributed by atoms with van der Waals surface area (Å²) in [5, 5.41) is 4.76. The lowest BCUT2D eigenvalue weighted by atomic mass is 10.2. The molecule has 8 heteroatoms. The first-order valence-corrected chi connectivity index (χ1v) is 11.5. The predicted octanol–water partition coefficient (Wildman–Crippen LogP) is 4.48. The van der Waals surface area contributed by atoms with Gasteiger partial charge >= 0.3 is 0 Å². The highest BCUT2D eigenvalue weighted by atomic mass is 32.2. The van der Waals surface area contributed by atoms with Gasteiger partial charge in [-0.3, -0.25) is 4.79 Å². The van der Waals surface area contributed by atoms with Gasteiger partial charge in [0.15, 0.2) is 11.3 Å². The zero-order chi connectivity index (χ0) is 21.7. The molecular weight excluding hydrogens is 398 g/mol. The fraction of sp³-hybridized carbons (Fsp3) is 0.500. The fourth-order valence-electron chi connectivity index (χ4n) is 3.44. The van der Waals surface area contributed by atoms with E-state index in [0.717, 1.165) is 48.6 Å². The number of ether oxygens (including phenoxy) is 1. The maximum absolute atomic E-state index is 12.9. The van der Waals surface area contributed by atoms with Crippen molar-refractivity contribution in [2.24, 2.45) is 0 Å². The van der Waals surface area contributed by atoms with E-state index in [1.807, 2.05) is 26.0 Å². The monoisotopic (exact) mass is 429 g/mol. The van der Waals surface area contributed by atoms with Crippen LogP contribution < -0.4 is 10.3 Å². The molecule has 0 aliphatic carbocycles. The van der Waals surface area contributed by atoms with Crippen molar-refractivity contribution in [2.45, 2.75) is 58.8 Å². The number of H-pyrrole nitrogens is 1. The molecule has 3 aromatic rings. The Hall–Kier alpha value is -2.32. The van der Waals surface area contributed by atoms with E-state index < -0.39 is 0 Å². The van der Waals surface area contributed by atoms with Crippen molar-refractivity contribution in [3.63, 3.8) is 0 Å². The number of nitrogens with one attached hydrogen (secondary N) is 1. The van der Waals surface area contributed by atoms with Crippen LogP contribution in [0.25, 0.3) is 16.9 Å². The van der Waals surface area contributed by atoms with Crippen LogP contribution in [0.5, 0.6) is 5.75 Å². The van der Waals surface area contributed by atoms with Crippen molar-refractivity contribution in [1.29, 1.82) is 0 Å². The highest BCUT2D eigenvalue weighted by molar-refractivity contribution is 7.97. The number of hydrogen-bond donors (Lipinski definition) is 1. The Morgan fingerprint density at radius 1 is 1.20 bits per heavy atom. The second-order valence-electron chi connectivity index (χ2n) is 7.13. The molecule has 0 bridgehead atoms. The number of aromatic amines is 1. The lowest BCUT2D eigenvalue weighted by molar-refractivity contribution is 0.341. The van der Waals surface area contributed by atoms with Crippen LogP contribution in [-0.4, -0.2) is 43.6 Å². The average molecular weight is 430 g/mol. The van der Waals surface area contributed by atoms with Crippen molar-refractivity contribution in [1.82, 2.24) is 23.9 Å². The van der Waals surface area contributed by atoms with Crippen molar-refractivity contribution < 1.29 is 4.74 Å². The zero-order valence-electron chi connectivity index (χ0n) is 18.5. The van der Waals surface area contributed by atoms with Crippen LogP contribution in [0.4, 0.5) is 0 Å². The first-order chi connectivity index (χ1) is 14.5. The molecule has 0 saturated carbocycles. The van der Waals surface area contributed by atoms with Crippen molar-refractivity contribution in [3.8, 4) is 17.1 Å². The van der Waals surface area contributed by atoms with Crippen LogP contribution in [0.2, 0.25) is 0 Å². The lowest BCUT2D eigenvalue weighted by Gasteiger charge is -2.19. The Balaban J connectivity index is 2.12. The Morgan fingerprint density at radius 3 is 2.67 bits per heavy atom. The Morgan fingerprint density at radius 2 is 2.00 bits per heavy atom. The van der Waals surface area contributed by atoms with Gasteiger partial charge in [0, 0.05) is 24.4 Å². The number of fused-ring (bicyclic) bond motifs is 1. The molecular formula is C22H31N5O2S. The number of rotatable bonds is 10. The summed E-state index contributed by atoms with van der Waals surface area (Å²) >= 11 is 1.71. The van der Waals surface area contributed by atoms with E-state index in [2.05, 4.69) is 41.1 Å². The quantitative estimate of drug-likeness (QED) is 0.479. The summed E-state index contributed by atoms with van der Waals surface area (Å²) in [4.78, 5) is 21.5. The largest absolute Gasteiger partial charge is 0.493 e. The normalized spacial score (nSPS) is 11.5. The summed E-state index contributed by atoms with van der Waals surface area (Å²) in [5.74, 6) is 2.00. The van der Waals surface area contributed by atoms with Crippen molar-refractivity contribution in [3.05, 3.63) is 40.1 Å². The smallest absolute Gasteiger partial charge is 0.277 e. The third-order valence-electron chi connectivity index (χ3n) is 4.78. The summed E-state index contributed by atoms with van der Waals surface area (Å²) in [6, 6.07) is 6.05. The molecule has 162 valence electrons. The molecule has 0 fully saturated rings. The van der Waals surface area contributed by atoms with Crippen LogP contribution in [0.1, 0.15) is 52.1 Å². The summed E-state index contributed by atoms with van der Waals surface area (Å²) in [7, 11) is 0. The Kier molecular flexibility index (Phi) is 7.55. The number of benzene rings is 1. The minimum Gasteiger partial charge on any atom is -0.493 e. The summed E-state index contributed by atoms with van der Waals surface area (Å²) in [5.41, 5.74) is 1.80. The van der Waals surface area contributed by atoms with Crippen LogP contribution in [0.15, 0.2) is 27.9 Å². The minimum atomic E-state index is -0.186. The van der Waals surface area contributed by atoms with Gasteiger partial charge in [0.25, 0.3) is 5.56 Å². The van der Waals surface area contributed by atoms with Gasteiger partial charge in [0.2, 0.25) is 0 Å². The Labute approximate surface area is 182 Å². The van der Waals surface area contributed by atoms with Gasteiger partial charge in [0.1, 0.15) is 11.6 Å². The second kappa shape index (κ2) is 10.1. The van der Waals surface area contributed by atoms with E-state index in [4.69, 9.17) is 9.84 Å². The number of aromatic nitrogens is 4. The highest BCUT2D eigenvalue weighted by Gasteiger charge is 2.17. The summed E-state index contributed by atoms with van der Waals surface area (Å²) < 4.78 is 9.86. The molecule has 7 nitrogen and oxygen atoms in total. The third-order valence-corrected chi connectivity index (χ3v) is 5.95. The van der Waals surface area contributed by atoms with Gasteiger partial charge in [-0.1, -0.05) is 20.8 Å². The zero-order valence-corrected chi connectivity index (χ0v) is 19.3. The highest BCUT2D eigenvalue weighted by Crippen LogP contribution is 2.33. The Bertz CT molecular complexity index is 1060. The number of imidazole rings is 1. The number of aryl methyl sites for hydroxylation is 2. The van der Waals surface area contributed by atoms with Crippen molar-refractivity contribution in [2.75, 3.05) is 19.7 Å². The first-order valence-electron chi connectivity index (χ1n) is 10.7. The van der Waals surface area contributed by atoms with E-state index in [1.54, 1.807) is 16.5 Å². The van der Waals surface area contributed by atoms with Gasteiger partial charge in [-0.05, 0) is 56.8 Å². The van der Waals surface area contributed by atoms with Gasteiger partial charge in [-0.25, -0.2) is 13.8 Å². The first kappa shape index (κ1) is 22.4. The van der Waals surface area contributed by atoms with E-state index in [1.165, 1.54) is 0 Å². The molecule has 0 unspecified atom stereocenters. The lowest BCUT2D eigenvalue weighted by Crippen LogP contribution is -2.16. The number of hydrogen-bond acceptors (Lipinski definition) is 6. The molecule has 30 heavy (non-hydrogen) atoms. The van der Waals surface area contributed by atoms with Crippen LogP contribution in [-0.2, 0) is 6.42 Å². The van der Waals surface area contributed by atoms with Gasteiger partial charge in [-0.2, -0.15) is 0 Å². The second-order valence-corrected chi connectivity index (χ2v) is 8.30. The molecule has 1 aromatic carbocycles. The molecule has 0 aliphatic rings. The minimum absolute atomic E-state index is 0.186. The molecule has 0 spiro atoms.